The molecule has 4 rings (SSSR count). The molecule has 29 heavy (non-hydrogen) atoms. The van der Waals surface area contributed by atoms with E-state index in [1.165, 1.54) is 6.92 Å². The molecule has 0 N–H and O–H groups in total. The van der Waals surface area contributed by atoms with Crippen LogP contribution in [0.25, 0.3) is 22.3 Å². The number of carbonyl (C=O) groups is 1. The van der Waals surface area contributed by atoms with Gasteiger partial charge in [-0.1, -0.05) is 13.0 Å². The average Bonchev–Trinajstić information content (AvgIpc) is 2.74. The molecular weight excluding hydrogens is 366 g/mol. The van der Waals surface area contributed by atoms with Gasteiger partial charge >= 0.3 is 5.97 Å². The van der Waals surface area contributed by atoms with Crippen LogP contribution in [-0.4, -0.2) is 20.9 Å². The Hall–Kier alpha value is -3.80. The molecule has 6 nitrogen and oxygen atoms in total. The van der Waals surface area contributed by atoms with Gasteiger partial charge in [-0.25, -0.2) is 4.98 Å². The van der Waals surface area contributed by atoms with Crippen LogP contribution in [0.1, 0.15) is 19.5 Å². The number of pyridine rings is 3. The fourth-order valence-corrected chi connectivity index (χ4v) is 2.99. The molecule has 3 aromatic heterocycles. The topological polar surface area (TPSA) is 74.2 Å². The number of esters is 1. The zero-order valence-electron chi connectivity index (χ0n) is 16.1. The number of hydrogen-bond acceptors (Lipinski definition) is 6. The second kappa shape index (κ2) is 8.06. The fourth-order valence-electron chi connectivity index (χ4n) is 2.99. The molecule has 144 valence electrons. The number of nitrogens with zero attached hydrogens (tertiary/aromatic N) is 3. The summed E-state index contributed by atoms with van der Waals surface area (Å²) in [5, 5.41) is 0.734. The molecule has 0 unspecified atom stereocenters. The molecule has 3 heterocycles. The second-order valence-corrected chi connectivity index (χ2v) is 6.40. The Morgan fingerprint density at radius 1 is 0.966 bits per heavy atom. The van der Waals surface area contributed by atoms with Crippen molar-refractivity contribution >= 4 is 16.9 Å². The van der Waals surface area contributed by atoms with Crippen LogP contribution in [0.2, 0.25) is 0 Å². The van der Waals surface area contributed by atoms with E-state index >= 15 is 0 Å². The van der Waals surface area contributed by atoms with Gasteiger partial charge < -0.3 is 9.47 Å². The van der Waals surface area contributed by atoms with Crippen LogP contribution < -0.4 is 9.47 Å². The summed E-state index contributed by atoms with van der Waals surface area (Å²) in [6.45, 7) is 3.42. The van der Waals surface area contributed by atoms with Crippen LogP contribution in [0, 0.1) is 0 Å². The molecule has 0 amide bonds. The molecule has 0 saturated heterocycles. The maximum absolute atomic E-state index is 11.3. The minimum atomic E-state index is -0.382. The second-order valence-electron chi connectivity index (χ2n) is 6.40. The predicted molar refractivity (Wildman–Crippen MR) is 110 cm³/mol. The van der Waals surface area contributed by atoms with Crippen molar-refractivity contribution < 1.29 is 14.3 Å². The Morgan fingerprint density at radius 3 is 2.62 bits per heavy atom. The van der Waals surface area contributed by atoms with Crippen molar-refractivity contribution in [3.63, 3.8) is 0 Å². The van der Waals surface area contributed by atoms with Crippen molar-refractivity contribution in [1.29, 1.82) is 0 Å². The lowest BCUT2D eigenvalue weighted by atomic mass is 10.1. The van der Waals surface area contributed by atoms with Crippen LogP contribution in [-0.2, 0) is 11.2 Å². The number of fused-ring (bicyclic) bond motifs is 1. The van der Waals surface area contributed by atoms with Crippen molar-refractivity contribution in [2.45, 2.75) is 20.3 Å². The van der Waals surface area contributed by atoms with Gasteiger partial charge in [0.25, 0.3) is 0 Å². The van der Waals surface area contributed by atoms with Gasteiger partial charge in [-0.05, 0) is 55.0 Å². The Balaban J connectivity index is 1.80. The number of aromatic nitrogens is 3. The third kappa shape index (κ3) is 4.06. The van der Waals surface area contributed by atoms with Gasteiger partial charge in [0.15, 0.2) is 5.75 Å². The zero-order valence-corrected chi connectivity index (χ0v) is 16.1. The number of benzene rings is 1. The number of hydrogen-bond donors (Lipinski definition) is 0. The highest BCUT2D eigenvalue weighted by molar-refractivity contribution is 5.87. The first kappa shape index (κ1) is 18.6. The minimum absolute atomic E-state index is 0.382. The lowest BCUT2D eigenvalue weighted by Gasteiger charge is -2.13. The van der Waals surface area contributed by atoms with Crippen LogP contribution >= 0.6 is 0 Å². The molecule has 0 fully saturated rings. The molecule has 4 aromatic rings. The molecular formula is C23H19N3O3. The highest BCUT2D eigenvalue weighted by atomic mass is 16.5. The lowest BCUT2D eigenvalue weighted by Crippen LogP contribution is -2.01. The summed E-state index contributed by atoms with van der Waals surface area (Å²) in [4.78, 5) is 24.8. The summed E-state index contributed by atoms with van der Waals surface area (Å²) in [7, 11) is 0. The average molecular weight is 385 g/mol. The molecule has 0 aliphatic heterocycles. The summed E-state index contributed by atoms with van der Waals surface area (Å²) in [5.41, 5.74) is 3.09. The smallest absolute Gasteiger partial charge is 0.308 e. The van der Waals surface area contributed by atoms with E-state index in [0.717, 1.165) is 28.7 Å². The summed E-state index contributed by atoms with van der Waals surface area (Å²) < 4.78 is 11.5. The van der Waals surface area contributed by atoms with Crippen molar-refractivity contribution in [3.8, 4) is 28.6 Å². The molecule has 0 radical (unpaired) electrons. The number of aryl methyl sites for hydroxylation is 1. The van der Waals surface area contributed by atoms with E-state index in [0.29, 0.717) is 22.9 Å². The zero-order chi connectivity index (χ0) is 20.2. The van der Waals surface area contributed by atoms with Crippen molar-refractivity contribution in [2.75, 3.05) is 0 Å². The Bertz CT molecular complexity index is 1180. The summed E-state index contributed by atoms with van der Waals surface area (Å²) >= 11 is 0. The minimum Gasteiger partial charge on any atom is -0.454 e. The number of carbonyl (C=O) groups excluding carboxylic acids is 1. The van der Waals surface area contributed by atoms with E-state index < -0.39 is 0 Å². The maximum Gasteiger partial charge on any atom is 0.308 e. The van der Waals surface area contributed by atoms with Crippen LogP contribution in [0.4, 0.5) is 0 Å². The molecule has 0 aliphatic carbocycles. The van der Waals surface area contributed by atoms with Crippen molar-refractivity contribution in [3.05, 3.63) is 72.7 Å². The Kier molecular flexibility index (Phi) is 5.16. The standard InChI is InChI=1S/C23H19N3O3/c1-3-16-7-10-22(23(26-16)20-6-4-5-12-24-20)29-21-11-13-25-19-9-8-17(14-18(19)21)28-15(2)27/h4-14H,3H2,1-2H3. The lowest BCUT2D eigenvalue weighted by molar-refractivity contribution is -0.131. The predicted octanol–water partition coefficient (Wildman–Crippen LogP) is 4.97. The van der Waals surface area contributed by atoms with E-state index in [9.17, 15) is 4.79 Å². The summed E-state index contributed by atoms with van der Waals surface area (Å²) in [5.74, 6) is 1.23. The largest absolute Gasteiger partial charge is 0.454 e. The van der Waals surface area contributed by atoms with Crippen molar-refractivity contribution in [2.24, 2.45) is 0 Å². The first-order valence-electron chi connectivity index (χ1n) is 9.30. The van der Waals surface area contributed by atoms with Gasteiger partial charge in [-0.2, -0.15) is 0 Å². The van der Waals surface area contributed by atoms with Gasteiger partial charge in [-0.15, -0.1) is 0 Å². The first-order valence-corrected chi connectivity index (χ1v) is 9.30. The Morgan fingerprint density at radius 2 is 1.86 bits per heavy atom. The van der Waals surface area contributed by atoms with Gasteiger partial charge in [0.1, 0.15) is 17.2 Å². The monoisotopic (exact) mass is 385 g/mol. The quantitative estimate of drug-likeness (QED) is 0.357. The third-order valence-corrected chi connectivity index (χ3v) is 4.34. The van der Waals surface area contributed by atoms with Gasteiger partial charge in [0.2, 0.25) is 0 Å². The number of ether oxygens (including phenoxy) is 2. The molecule has 0 bridgehead atoms. The Labute approximate surface area is 168 Å². The molecule has 0 atom stereocenters. The maximum atomic E-state index is 11.3. The van der Waals surface area contributed by atoms with Crippen LogP contribution in [0.3, 0.4) is 0 Å². The van der Waals surface area contributed by atoms with Gasteiger partial charge in [-0.3, -0.25) is 14.8 Å². The fraction of sp³-hybridized carbons (Fsp3) is 0.130. The van der Waals surface area contributed by atoms with E-state index in [2.05, 4.69) is 16.9 Å². The van der Waals surface area contributed by atoms with Crippen LogP contribution in [0.15, 0.2) is 67.0 Å². The molecule has 1 aromatic carbocycles. The molecule has 0 aliphatic rings. The normalized spacial score (nSPS) is 10.7. The third-order valence-electron chi connectivity index (χ3n) is 4.34. The summed E-state index contributed by atoms with van der Waals surface area (Å²) in [6, 6.07) is 16.5. The van der Waals surface area contributed by atoms with E-state index in [1.54, 1.807) is 36.7 Å². The van der Waals surface area contributed by atoms with E-state index in [1.807, 2.05) is 30.3 Å². The molecule has 6 heteroatoms. The summed E-state index contributed by atoms with van der Waals surface area (Å²) in [6.07, 6.45) is 4.22. The number of rotatable bonds is 5. The van der Waals surface area contributed by atoms with Crippen LogP contribution in [0.5, 0.6) is 17.2 Å². The first-order chi connectivity index (χ1) is 14.1. The SMILES string of the molecule is CCc1ccc(Oc2ccnc3ccc(OC(C)=O)cc23)c(-c2ccccn2)n1. The van der Waals surface area contributed by atoms with E-state index in [-0.39, 0.29) is 5.97 Å². The highest BCUT2D eigenvalue weighted by Gasteiger charge is 2.14. The van der Waals surface area contributed by atoms with E-state index in [4.69, 9.17) is 14.5 Å². The molecule has 0 spiro atoms. The van der Waals surface area contributed by atoms with Crippen molar-refractivity contribution in [1.82, 2.24) is 15.0 Å². The van der Waals surface area contributed by atoms with Gasteiger partial charge in [0, 0.05) is 30.4 Å². The molecule has 0 saturated carbocycles. The highest BCUT2D eigenvalue weighted by Crippen LogP contribution is 2.35. The van der Waals surface area contributed by atoms with Gasteiger partial charge in [0.05, 0.1) is 11.2 Å².